The van der Waals surface area contributed by atoms with Crippen molar-refractivity contribution in [2.75, 3.05) is 12.3 Å². The maximum Gasteiger partial charge on any atom is 0.274 e. The number of fused-ring (bicyclic) bond motifs is 3. The van der Waals surface area contributed by atoms with Gasteiger partial charge < -0.3 is 20.6 Å². The van der Waals surface area contributed by atoms with Crippen LogP contribution in [-0.2, 0) is 11.8 Å². The molecule has 4 heterocycles. The van der Waals surface area contributed by atoms with Crippen LogP contribution in [-0.4, -0.2) is 38.9 Å². The summed E-state index contributed by atoms with van der Waals surface area (Å²) >= 11 is 1.51. The van der Waals surface area contributed by atoms with Crippen LogP contribution >= 0.6 is 11.3 Å². The topological polar surface area (TPSA) is 112 Å². The summed E-state index contributed by atoms with van der Waals surface area (Å²) in [6.45, 7) is 2.69. The van der Waals surface area contributed by atoms with E-state index in [1.165, 1.54) is 11.3 Å². The molecule has 7 nitrogen and oxygen atoms in total. The summed E-state index contributed by atoms with van der Waals surface area (Å²) in [6, 6.07) is 15.0. The molecule has 1 amide bonds. The highest BCUT2D eigenvalue weighted by Crippen LogP contribution is 2.68. The number of hydrogen-bond donors (Lipinski definition) is 3. The lowest BCUT2D eigenvalue weighted by Gasteiger charge is -2.28. The number of likely N-dealkylation sites (tertiary alicyclic amines) is 1. The third-order valence-electron chi connectivity index (χ3n) is 8.64. The molecular formula is C31H24N4O3S. The molecule has 1 spiro atoms. The van der Waals surface area contributed by atoms with Crippen LogP contribution in [0.5, 0.6) is 0 Å². The molecule has 3 aliphatic rings. The monoisotopic (exact) mass is 532 g/mol. The standard InChI is InChI=1S/C31H24N4O3S/c1-15-14-39-29-26(37)11-27-31(28(15)29)12-19(31)13-35(27)30(38)24-10-17-6-16(2-4-21(17)34-24)7-25(36)23-9-18-8-20(32)3-5-22(18)33-23/h2-6,8-11,14,19,33-34H,7,12-13,32H2,1H3/t19-,31+/m1/s1. The minimum absolute atomic E-state index is 0.00142. The first-order valence-corrected chi connectivity index (χ1v) is 13.9. The highest BCUT2D eigenvalue weighted by Gasteiger charge is 2.68. The third-order valence-corrected chi connectivity index (χ3v) is 9.75. The van der Waals surface area contributed by atoms with Crippen LogP contribution < -0.4 is 5.73 Å². The highest BCUT2D eigenvalue weighted by atomic mass is 32.1. The number of rotatable bonds is 4. The van der Waals surface area contributed by atoms with Gasteiger partial charge in [0, 0.05) is 57.6 Å². The highest BCUT2D eigenvalue weighted by molar-refractivity contribution is 7.12. The van der Waals surface area contributed by atoms with Gasteiger partial charge in [0.2, 0.25) is 0 Å². The number of aromatic nitrogens is 2. The summed E-state index contributed by atoms with van der Waals surface area (Å²) in [5, 5.41) is 3.84. The summed E-state index contributed by atoms with van der Waals surface area (Å²) in [5.41, 5.74) is 13.1. The Morgan fingerprint density at radius 1 is 1.05 bits per heavy atom. The van der Waals surface area contributed by atoms with Gasteiger partial charge in [-0.05, 0) is 83.8 Å². The number of ketones is 2. The number of carbonyl (C=O) groups is 3. The number of thiophene rings is 1. The van der Waals surface area contributed by atoms with Crippen LogP contribution in [0.25, 0.3) is 21.8 Å². The Morgan fingerprint density at radius 3 is 2.64 bits per heavy atom. The van der Waals surface area contributed by atoms with E-state index in [-0.39, 0.29) is 29.3 Å². The lowest BCUT2D eigenvalue weighted by atomic mass is 9.84. The molecule has 5 aromatic rings. The average molecular weight is 533 g/mol. The predicted octanol–water partition coefficient (Wildman–Crippen LogP) is 5.52. The number of piperidine rings is 1. The fourth-order valence-electron chi connectivity index (χ4n) is 6.76. The molecule has 1 saturated heterocycles. The minimum Gasteiger partial charge on any atom is -0.399 e. The molecule has 4 N–H and O–H groups in total. The molecule has 2 atom stereocenters. The number of nitrogens with zero attached hydrogens (tertiary/aromatic N) is 1. The Labute approximate surface area is 227 Å². The Bertz CT molecular complexity index is 1960. The second-order valence-corrected chi connectivity index (χ2v) is 11.9. The SMILES string of the molecule is Cc1csc2c1[C@@]13C[C@@H]1CN(C(=O)c1cc4cc(CC(=O)c5cc6cc(N)ccc6[nH]5)ccc4[nH]1)C3=CC2=O. The van der Waals surface area contributed by atoms with Crippen molar-refractivity contribution in [2.24, 2.45) is 5.92 Å². The lowest BCUT2D eigenvalue weighted by molar-refractivity contribution is 0.0806. The fourth-order valence-corrected chi connectivity index (χ4v) is 7.81. The summed E-state index contributed by atoms with van der Waals surface area (Å²) in [4.78, 5) is 48.7. The number of nitrogen functional groups attached to an aromatic ring is 1. The van der Waals surface area contributed by atoms with Crippen molar-refractivity contribution >= 4 is 56.3 Å². The number of hydrogen-bond acceptors (Lipinski definition) is 5. The van der Waals surface area contributed by atoms with E-state index in [2.05, 4.69) is 22.3 Å². The molecule has 0 unspecified atom stereocenters. The molecule has 1 saturated carbocycles. The first-order valence-electron chi connectivity index (χ1n) is 13.0. The largest absolute Gasteiger partial charge is 0.399 e. The van der Waals surface area contributed by atoms with Crippen molar-refractivity contribution in [1.82, 2.24) is 14.9 Å². The van der Waals surface area contributed by atoms with Crippen LogP contribution in [0.15, 0.2) is 65.7 Å². The Morgan fingerprint density at radius 2 is 1.79 bits per heavy atom. The summed E-state index contributed by atoms with van der Waals surface area (Å²) < 4.78 is 0. The molecule has 1 aliphatic heterocycles. The molecule has 8 rings (SSSR count). The molecule has 39 heavy (non-hydrogen) atoms. The summed E-state index contributed by atoms with van der Waals surface area (Å²) in [5.74, 6) is 0.215. The van der Waals surface area contributed by atoms with Gasteiger partial charge in [-0.15, -0.1) is 11.3 Å². The number of anilines is 1. The lowest BCUT2D eigenvalue weighted by Crippen LogP contribution is -2.33. The number of H-pyrrole nitrogens is 2. The van der Waals surface area contributed by atoms with Crippen molar-refractivity contribution in [3.8, 4) is 0 Å². The predicted molar refractivity (Wildman–Crippen MR) is 151 cm³/mol. The van der Waals surface area contributed by atoms with Gasteiger partial charge in [-0.3, -0.25) is 14.4 Å². The zero-order valence-electron chi connectivity index (χ0n) is 21.1. The number of Topliss-reactive ketones (excluding diaryl/α,β-unsaturated/α-hetero) is 1. The van der Waals surface area contributed by atoms with Crippen LogP contribution in [0.4, 0.5) is 5.69 Å². The first-order chi connectivity index (χ1) is 18.8. The van der Waals surface area contributed by atoms with E-state index in [0.717, 1.165) is 55.5 Å². The van der Waals surface area contributed by atoms with Gasteiger partial charge in [-0.25, -0.2) is 0 Å². The maximum atomic E-state index is 13.7. The quantitative estimate of drug-likeness (QED) is 0.209. The van der Waals surface area contributed by atoms with Crippen molar-refractivity contribution in [3.63, 3.8) is 0 Å². The number of aromatic amines is 2. The Hall–Kier alpha value is -4.43. The zero-order chi connectivity index (χ0) is 26.6. The molecule has 3 aromatic heterocycles. The molecule has 0 bridgehead atoms. The number of nitrogens with two attached hydrogens (primary N) is 1. The van der Waals surface area contributed by atoms with Gasteiger partial charge in [0.05, 0.1) is 10.6 Å². The summed E-state index contributed by atoms with van der Waals surface area (Å²) in [6.07, 6.45) is 2.92. The van der Waals surface area contributed by atoms with E-state index >= 15 is 0 Å². The molecule has 0 radical (unpaired) electrons. The molecular weight excluding hydrogens is 508 g/mol. The van der Waals surface area contributed by atoms with E-state index in [0.29, 0.717) is 29.5 Å². The van der Waals surface area contributed by atoms with Crippen molar-refractivity contribution in [2.45, 2.75) is 25.2 Å². The minimum atomic E-state index is -0.184. The summed E-state index contributed by atoms with van der Waals surface area (Å²) in [7, 11) is 0. The van der Waals surface area contributed by atoms with Gasteiger partial charge in [0.1, 0.15) is 5.69 Å². The van der Waals surface area contributed by atoms with Gasteiger partial charge in [-0.2, -0.15) is 0 Å². The molecule has 2 aliphatic carbocycles. The van der Waals surface area contributed by atoms with Crippen LogP contribution in [0.3, 0.4) is 0 Å². The van der Waals surface area contributed by atoms with E-state index in [1.54, 1.807) is 17.0 Å². The van der Waals surface area contributed by atoms with Crippen molar-refractivity contribution in [3.05, 3.63) is 98.6 Å². The number of nitrogens with one attached hydrogen (secondary N) is 2. The number of aryl methyl sites for hydroxylation is 1. The van der Waals surface area contributed by atoms with Crippen molar-refractivity contribution < 1.29 is 14.4 Å². The molecule has 2 aromatic carbocycles. The Kier molecular flexibility index (Phi) is 4.38. The third kappa shape index (κ3) is 3.12. The van der Waals surface area contributed by atoms with Crippen LogP contribution in [0.2, 0.25) is 0 Å². The Balaban J connectivity index is 1.06. The number of allylic oxidation sites excluding steroid dienone is 2. The smallest absolute Gasteiger partial charge is 0.274 e. The molecule has 192 valence electrons. The van der Waals surface area contributed by atoms with Gasteiger partial charge in [0.15, 0.2) is 11.6 Å². The second kappa shape index (κ2) is 7.57. The van der Waals surface area contributed by atoms with Gasteiger partial charge >= 0.3 is 0 Å². The fraction of sp³-hybridized carbons (Fsp3) is 0.194. The van der Waals surface area contributed by atoms with Crippen LogP contribution in [0.1, 0.15) is 53.8 Å². The molecule has 8 heteroatoms. The maximum absolute atomic E-state index is 13.7. The zero-order valence-corrected chi connectivity index (χ0v) is 21.9. The average Bonchev–Trinajstić information content (AvgIpc) is 3.36. The normalized spacial score (nSPS) is 21.2. The second-order valence-electron chi connectivity index (χ2n) is 11.0. The van der Waals surface area contributed by atoms with E-state index in [1.807, 2.05) is 42.5 Å². The number of benzene rings is 2. The number of amides is 1. The van der Waals surface area contributed by atoms with E-state index in [4.69, 9.17) is 5.73 Å². The van der Waals surface area contributed by atoms with Crippen molar-refractivity contribution in [1.29, 1.82) is 0 Å². The van der Waals surface area contributed by atoms with Gasteiger partial charge in [0.25, 0.3) is 5.91 Å². The number of carbonyl (C=O) groups excluding carboxylic acids is 3. The van der Waals surface area contributed by atoms with E-state index in [9.17, 15) is 14.4 Å². The van der Waals surface area contributed by atoms with E-state index < -0.39 is 0 Å². The molecule has 2 fully saturated rings. The van der Waals surface area contributed by atoms with Crippen LogP contribution in [0, 0.1) is 12.8 Å². The first kappa shape index (κ1) is 22.5. The van der Waals surface area contributed by atoms with Gasteiger partial charge in [-0.1, -0.05) is 6.07 Å².